The van der Waals surface area contributed by atoms with Crippen LogP contribution < -0.4 is 10.6 Å². The first kappa shape index (κ1) is 14.8. The lowest BCUT2D eigenvalue weighted by atomic mass is 9.93. The molecule has 0 unspecified atom stereocenters. The molecule has 102 valence electrons. The molecule has 6 heteroatoms. The van der Waals surface area contributed by atoms with E-state index in [-0.39, 0.29) is 5.41 Å². The molecule has 0 saturated heterocycles. The second-order valence-corrected chi connectivity index (χ2v) is 5.12. The lowest BCUT2D eigenvalue weighted by molar-refractivity contribution is -0.137. The molecule has 1 heterocycles. The Balaban J connectivity index is 2.90. The van der Waals surface area contributed by atoms with Crippen molar-refractivity contribution in [2.75, 3.05) is 25.0 Å². The molecule has 1 aromatic rings. The highest BCUT2D eigenvalue weighted by molar-refractivity contribution is 5.41. The van der Waals surface area contributed by atoms with E-state index in [1.54, 1.807) is 11.9 Å². The summed E-state index contributed by atoms with van der Waals surface area (Å²) in [7, 11) is 1.71. The van der Waals surface area contributed by atoms with E-state index in [1.165, 1.54) is 6.20 Å². The van der Waals surface area contributed by atoms with Crippen LogP contribution in [0.15, 0.2) is 18.3 Å². The highest BCUT2D eigenvalue weighted by Crippen LogP contribution is 2.30. The van der Waals surface area contributed by atoms with Crippen LogP contribution in [-0.2, 0) is 6.18 Å². The zero-order chi connectivity index (χ0) is 14.0. The summed E-state index contributed by atoms with van der Waals surface area (Å²) in [6, 6.07) is 2.01. The molecule has 1 aromatic heterocycles. The molecule has 0 fully saturated rings. The van der Waals surface area contributed by atoms with Crippen LogP contribution in [0.25, 0.3) is 0 Å². The van der Waals surface area contributed by atoms with Crippen molar-refractivity contribution in [1.29, 1.82) is 0 Å². The van der Waals surface area contributed by atoms with Crippen LogP contribution in [0.5, 0.6) is 0 Å². The third-order valence-corrected chi connectivity index (χ3v) is 2.68. The maximum absolute atomic E-state index is 12.6. The second-order valence-electron chi connectivity index (χ2n) is 5.12. The maximum Gasteiger partial charge on any atom is 0.416 e. The van der Waals surface area contributed by atoms with Crippen LogP contribution in [0, 0.1) is 5.41 Å². The smallest absolute Gasteiger partial charge is 0.359 e. The van der Waals surface area contributed by atoms with Crippen molar-refractivity contribution in [1.82, 2.24) is 4.98 Å². The molecule has 1 rings (SSSR count). The molecule has 18 heavy (non-hydrogen) atoms. The van der Waals surface area contributed by atoms with Gasteiger partial charge in [-0.1, -0.05) is 13.8 Å². The number of halogens is 3. The van der Waals surface area contributed by atoms with Crippen LogP contribution in [0.3, 0.4) is 0 Å². The Kier molecular flexibility index (Phi) is 4.21. The van der Waals surface area contributed by atoms with Crippen LogP contribution in [-0.4, -0.2) is 25.1 Å². The van der Waals surface area contributed by atoms with Gasteiger partial charge in [-0.3, -0.25) is 0 Å². The van der Waals surface area contributed by atoms with Crippen LogP contribution in [0.2, 0.25) is 0 Å². The molecule has 0 aliphatic carbocycles. The van der Waals surface area contributed by atoms with E-state index in [0.29, 0.717) is 18.9 Å². The number of hydrogen-bond donors (Lipinski definition) is 1. The number of rotatable bonds is 4. The minimum Gasteiger partial charge on any atom is -0.359 e. The van der Waals surface area contributed by atoms with E-state index >= 15 is 0 Å². The summed E-state index contributed by atoms with van der Waals surface area (Å²) in [6.07, 6.45) is -3.17. The highest BCUT2D eigenvalue weighted by Gasteiger charge is 2.31. The molecule has 0 radical (unpaired) electrons. The number of alkyl halides is 3. The van der Waals surface area contributed by atoms with Gasteiger partial charge in [0.25, 0.3) is 0 Å². The summed E-state index contributed by atoms with van der Waals surface area (Å²) in [5.41, 5.74) is 4.74. The summed E-state index contributed by atoms with van der Waals surface area (Å²) >= 11 is 0. The first-order chi connectivity index (χ1) is 8.15. The van der Waals surface area contributed by atoms with Crippen molar-refractivity contribution in [2.45, 2.75) is 20.0 Å². The Morgan fingerprint density at radius 1 is 1.33 bits per heavy atom. The van der Waals surface area contributed by atoms with Gasteiger partial charge >= 0.3 is 6.18 Å². The van der Waals surface area contributed by atoms with E-state index in [0.717, 1.165) is 12.1 Å². The van der Waals surface area contributed by atoms with Crippen molar-refractivity contribution in [3.63, 3.8) is 0 Å². The maximum atomic E-state index is 12.6. The van der Waals surface area contributed by atoms with Crippen molar-refractivity contribution < 1.29 is 13.2 Å². The van der Waals surface area contributed by atoms with Crippen molar-refractivity contribution in [3.05, 3.63) is 23.9 Å². The van der Waals surface area contributed by atoms with Gasteiger partial charge in [0.15, 0.2) is 0 Å². The van der Waals surface area contributed by atoms with E-state index in [9.17, 15) is 13.2 Å². The first-order valence-corrected chi connectivity index (χ1v) is 5.60. The van der Waals surface area contributed by atoms with E-state index in [1.807, 2.05) is 13.8 Å². The molecular formula is C12H18F3N3. The number of aromatic nitrogens is 1. The zero-order valence-electron chi connectivity index (χ0n) is 10.8. The fourth-order valence-corrected chi connectivity index (χ4v) is 1.59. The van der Waals surface area contributed by atoms with Gasteiger partial charge in [-0.25, -0.2) is 4.98 Å². The minimum absolute atomic E-state index is 0.176. The minimum atomic E-state index is -4.35. The number of pyridine rings is 1. The number of nitrogens with two attached hydrogens (primary N) is 1. The monoisotopic (exact) mass is 261 g/mol. The Bertz CT molecular complexity index is 402. The van der Waals surface area contributed by atoms with Gasteiger partial charge in [0.1, 0.15) is 5.82 Å². The standard InChI is InChI=1S/C12H18F3N3/c1-11(2,7-16)8-18(3)10-6-9(4-5-17-10)12(13,14)15/h4-6H,7-8,16H2,1-3H3. The van der Waals surface area contributed by atoms with Crippen molar-refractivity contribution in [2.24, 2.45) is 11.1 Å². The average Bonchev–Trinajstić information content (AvgIpc) is 2.27. The Morgan fingerprint density at radius 2 is 1.94 bits per heavy atom. The highest BCUT2D eigenvalue weighted by atomic mass is 19.4. The largest absolute Gasteiger partial charge is 0.416 e. The summed E-state index contributed by atoms with van der Waals surface area (Å²) in [4.78, 5) is 5.64. The zero-order valence-corrected chi connectivity index (χ0v) is 10.8. The molecule has 2 N–H and O–H groups in total. The lowest BCUT2D eigenvalue weighted by Crippen LogP contribution is -2.37. The summed E-state index contributed by atoms with van der Waals surface area (Å²) in [5.74, 6) is 0.298. The van der Waals surface area contributed by atoms with E-state index in [2.05, 4.69) is 4.98 Å². The molecule has 0 aromatic carbocycles. The number of hydrogen-bond acceptors (Lipinski definition) is 3. The van der Waals surface area contributed by atoms with Crippen LogP contribution >= 0.6 is 0 Å². The van der Waals surface area contributed by atoms with Crippen molar-refractivity contribution in [3.8, 4) is 0 Å². The lowest BCUT2D eigenvalue weighted by Gasteiger charge is -2.29. The molecule has 0 bridgehead atoms. The molecule has 0 aliphatic rings. The molecule has 0 aliphatic heterocycles. The number of anilines is 1. The van der Waals surface area contributed by atoms with Gasteiger partial charge in [0, 0.05) is 19.8 Å². The predicted molar refractivity (Wildman–Crippen MR) is 65.3 cm³/mol. The van der Waals surface area contributed by atoms with E-state index in [4.69, 9.17) is 5.73 Å². The van der Waals surface area contributed by atoms with Gasteiger partial charge < -0.3 is 10.6 Å². The van der Waals surface area contributed by atoms with Gasteiger partial charge in [-0.05, 0) is 24.1 Å². The summed E-state index contributed by atoms with van der Waals surface area (Å²) < 4.78 is 37.7. The Hall–Kier alpha value is -1.30. The Morgan fingerprint density at radius 3 is 2.44 bits per heavy atom. The SMILES string of the molecule is CN(CC(C)(C)CN)c1cc(C(F)(F)F)ccn1. The molecule has 0 spiro atoms. The van der Waals surface area contributed by atoms with Gasteiger partial charge in [0.2, 0.25) is 0 Å². The van der Waals surface area contributed by atoms with Gasteiger partial charge in [-0.15, -0.1) is 0 Å². The molecule has 0 saturated carbocycles. The van der Waals surface area contributed by atoms with Crippen molar-refractivity contribution >= 4 is 5.82 Å². The average molecular weight is 261 g/mol. The summed E-state index contributed by atoms with van der Waals surface area (Å²) in [5, 5.41) is 0. The van der Waals surface area contributed by atoms with Gasteiger partial charge in [0.05, 0.1) is 5.56 Å². The third-order valence-electron chi connectivity index (χ3n) is 2.68. The third kappa shape index (κ3) is 3.87. The summed E-state index contributed by atoms with van der Waals surface area (Å²) in [6.45, 7) is 4.91. The first-order valence-electron chi connectivity index (χ1n) is 5.60. The van der Waals surface area contributed by atoms with Crippen LogP contribution in [0.1, 0.15) is 19.4 Å². The molecule has 0 atom stereocenters. The molecular weight excluding hydrogens is 243 g/mol. The van der Waals surface area contributed by atoms with Gasteiger partial charge in [-0.2, -0.15) is 13.2 Å². The van der Waals surface area contributed by atoms with Crippen LogP contribution in [0.4, 0.5) is 19.0 Å². The predicted octanol–water partition coefficient (Wildman–Crippen LogP) is 2.52. The fraction of sp³-hybridized carbons (Fsp3) is 0.583. The normalized spacial score (nSPS) is 12.6. The fourth-order valence-electron chi connectivity index (χ4n) is 1.59. The molecule has 3 nitrogen and oxygen atoms in total. The molecule has 0 amide bonds. The Labute approximate surface area is 105 Å². The topological polar surface area (TPSA) is 42.1 Å². The van der Waals surface area contributed by atoms with E-state index < -0.39 is 11.7 Å². The second kappa shape index (κ2) is 5.14. The number of nitrogens with zero attached hydrogens (tertiary/aromatic N) is 2. The quantitative estimate of drug-likeness (QED) is 0.905.